The summed E-state index contributed by atoms with van der Waals surface area (Å²) in [5.74, 6) is 0.0707. The third-order valence-electron chi connectivity index (χ3n) is 3.71. The summed E-state index contributed by atoms with van der Waals surface area (Å²) in [5, 5.41) is 0. The minimum atomic E-state index is -0.297. The molecule has 112 valence electrons. The van der Waals surface area contributed by atoms with Crippen LogP contribution in [0.2, 0.25) is 0 Å². The molecule has 2 rings (SSSR count). The van der Waals surface area contributed by atoms with Crippen molar-refractivity contribution in [1.29, 1.82) is 0 Å². The summed E-state index contributed by atoms with van der Waals surface area (Å²) in [5.41, 5.74) is 6.40. The monoisotopic (exact) mass is 281 g/mol. The third-order valence-corrected chi connectivity index (χ3v) is 3.71. The number of ether oxygens (including phenoxy) is 1. The van der Waals surface area contributed by atoms with E-state index in [1.807, 2.05) is 6.07 Å². The zero-order valence-electron chi connectivity index (χ0n) is 12.1. The van der Waals surface area contributed by atoms with Gasteiger partial charge in [-0.15, -0.1) is 0 Å². The molecule has 2 N–H and O–H groups in total. The Balaban J connectivity index is 1.84. The normalized spacial score (nSPS) is 17.4. The second-order valence-electron chi connectivity index (χ2n) is 5.26. The van der Waals surface area contributed by atoms with E-state index in [-0.39, 0.29) is 5.82 Å². The number of nitrogens with two attached hydrogens (primary N) is 1. The van der Waals surface area contributed by atoms with E-state index in [2.05, 4.69) is 16.8 Å². The highest BCUT2D eigenvalue weighted by atomic mass is 19.1. The largest absolute Gasteiger partial charge is 0.489 e. The number of nitrogens with zero attached hydrogens (tertiary/aromatic N) is 2. The van der Waals surface area contributed by atoms with Gasteiger partial charge in [-0.25, -0.2) is 4.39 Å². The summed E-state index contributed by atoms with van der Waals surface area (Å²) in [4.78, 5) is 4.66. The minimum absolute atomic E-state index is 0.297. The molecule has 1 aliphatic heterocycles. The molecule has 1 aliphatic rings. The first kappa shape index (κ1) is 15.2. The molecule has 0 spiro atoms. The molecule has 0 saturated carbocycles. The van der Waals surface area contributed by atoms with Crippen LogP contribution in [0.1, 0.15) is 5.56 Å². The van der Waals surface area contributed by atoms with Crippen molar-refractivity contribution in [3.05, 3.63) is 29.6 Å². The second kappa shape index (κ2) is 7.57. The van der Waals surface area contributed by atoms with Crippen LogP contribution in [0.4, 0.5) is 4.39 Å². The number of piperazine rings is 1. The van der Waals surface area contributed by atoms with E-state index in [0.717, 1.165) is 38.3 Å². The van der Waals surface area contributed by atoms with E-state index in [9.17, 15) is 4.39 Å². The predicted molar refractivity (Wildman–Crippen MR) is 78.6 cm³/mol. The van der Waals surface area contributed by atoms with Gasteiger partial charge in [0.25, 0.3) is 0 Å². The van der Waals surface area contributed by atoms with Gasteiger partial charge < -0.3 is 15.4 Å². The van der Waals surface area contributed by atoms with E-state index in [1.54, 1.807) is 6.07 Å². The van der Waals surface area contributed by atoms with E-state index < -0.39 is 0 Å². The van der Waals surface area contributed by atoms with Gasteiger partial charge in [-0.05, 0) is 31.6 Å². The van der Waals surface area contributed by atoms with Gasteiger partial charge in [0.15, 0.2) is 11.6 Å². The highest BCUT2D eigenvalue weighted by Gasteiger charge is 2.14. The van der Waals surface area contributed by atoms with E-state index in [0.29, 0.717) is 25.3 Å². The number of rotatable bonds is 6. The van der Waals surface area contributed by atoms with Crippen molar-refractivity contribution in [3.8, 4) is 5.75 Å². The van der Waals surface area contributed by atoms with Gasteiger partial charge in [0.05, 0.1) is 0 Å². The standard InChI is InChI=1S/C15H24FN3O/c1-18-7-9-19(10-8-18)11-12-20-15-13(5-6-17)3-2-4-14(15)16/h2-4H,5-12,17H2,1H3. The molecule has 20 heavy (non-hydrogen) atoms. The number of halogens is 1. The van der Waals surface area contributed by atoms with Gasteiger partial charge in [0.2, 0.25) is 0 Å². The van der Waals surface area contributed by atoms with Crippen LogP contribution in [-0.2, 0) is 6.42 Å². The smallest absolute Gasteiger partial charge is 0.165 e. The number of likely N-dealkylation sites (N-methyl/N-ethyl adjacent to an activating group) is 1. The maximum absolute atomic E-state index is 13.8. The number of para-hydroxylation sites is 1. The lowest BCUT2D eigenvalue weighted by Gasteiger charge is -2.32. The molecule has 0 atom stereocenters. The lowest BCUT2D eigenvalue weighted by atomic mass is 10.1. The number of hydrogen-bond donors (Lipinski definition) is 1. The Morgan fingerprint density at radius 1 is 1.25 bits per heavy atom. The van der Waals surface area contributed by atoms with Crippen LogP contribution in [0.25, 0.3) is 0 Å². The fraction of sp³-hybridized carbons (Fsp3) is 0.600. The maximum Gasteiger partial charge on any atom is 0.165 e. The summed E-state index contributed by atoms with van der Waals surface area (Å²) >= 11 is 0. The average Bonchev–Trinajstić information content (AvgIpc) is 2.44. The summed E-state index contributed by atoms with van der Waals surface area (Å²) in [6.45, 7) is 6.11. The first-order chi connectivity index (χ1) is 9.70. The molecule has 0 amide bonds. The van der Waals surface area contributed by atoms with Crippen molar-refractivity contribution in [2.45, 2.75) is 6.42 Å². The molecule has 1 aromatic carbocycles. The molecule has 0 aromatic heterocycles. The molecule has 1 saturated heterocycles. The Kier molecular flexibility index (Phi) is 5.76. The minimum Gasteiger partial charge on any atom is -0.489 e. The van der Waals surface area contributed by atoms with Gasteiger partial charge in [0.1, 0.15) is 6.61 Å². The molecule has 1 fully saturated rings. The van der Waals surface area contributed by atoms with Crippen molar-refractivity contribution >= 4 is 0 Å². The summed E-state index contributed by atoms with van der Waals surface area (Å²) in [7, 11) is 2.13. The fourth-order valence-electron chi connectivity index (χ4n) is 2.42. The second-order valence-corrected chi connectivity index (χ2v) is 5.26. The first-order valence-electron chi connectivity index (χ1n) is 7.22. The first-order valence-corrected chi connectivity index (χ1v) is 7.22. The maximum atomic E-state index is 13.8. The van der Waals surface area contributed by atoms with Crippen molar-refractivity contribution in [2.75, 3.05) is 52.9 Å². The molecule has 0 aliphatic carbocycles. The van der Waals surface area contributed by atoms with Crippen LogP contribution < -0.4 is 10.5 Å². The van der Waals surface area contributed by atoms with E-state index in [4.69, 9.17) is 10.5 Å². The molecular formula is C15H24FN3O. The van der Waals surface area contributed by atoms with Crippen molar-refractivity contribution in [1.82, 2.24) is 9.80 Å². The van der Waals surface area contributed by atoms with Gasteiger partial charge in [-0.2, -0.15) is 0 Å². The Morgan fingerprint density at radius 2 is 2.00 bits per heavy atom. The highest BCUT2D eigenvalue weighted by molar-refractivity contribution is 5.35. The van der Waals surface area contributed by atoms with Crippen molar-refractivity contribution in [2.24, 2.45) is 5.73 Å². The summed E-state index contributed by atoms with van der Waals surface area (Å²) in [6, 6.07) is 5.01. The molecule has 0 radical (unpaired) electrons. The molecule has 0 bridgehead atoms. The zero-order chi connectivity index (χ0) is 14.4. The molecular weight excluding hydrogens is 257 g/mol. The van der Waals surface area contributed by atoms with E-state index >= 15 is 0 Å². The van der Waals surface area contributed by atoms with Gasteiger partial charge in [-0.1, -0.05) is 12.1 Å². The highest BCUT2D eigenvalue weighted by Crippen LogP contribution is 2.22. The van der Waals surface area contributed by atoms with Crippen LogP contribution in [0, 0.1) is 5.82 Å². The Morgan fingerprint density at radius 3 is 2.70 bits per heavy atom. The van der Waals surface area contributed by atoms with E-state index in [1.165, 1.54) is 6.07 Å². The SMILES string of the molecule is CN1CCN(CCOc2c(F)cccc2CCN)CC1. The predicted octanol–water partition coefficient (Wildman–Crippen LogP) is 0.953. The third kappa shape index (κ3) is 4.16. The van der Waals surface area contributed by atoms with Gasteiger partial charge in [-0.3, -0.25) is 4.90 Å². The quantitative estimate of drug-likeness (QED) is 0.843. The number of benzene rings is 1. The molecule has 1 aromatic rings. The topological polar surface area (TPSA) is 41.7 Å². The molecule has 0 unspecified atom stereocenters. The number of hydrogen-bond acceptors (Lipinski definition) is 4. The molecule has 1 heterocycles. The Labute approximate surface area is 120 Å². The fourth-order valence-corrected chi connectivity index (χ4v) is 2.42. The van der Waals surface area contributed by atoms with Crippen LogP contribution in [-0.4, -0.2) is 62.7 Å². The van der Waals surface area contributed by atoms with Gasteiger partial charge in [0, 0.05) is 32.7 Å². The molecule has 5 heteroatoms. The van der Waals surface area contributed by atoms with Crippen molar-refractivity contribution in [3.63, 3.8) is 0 Å². The summed E-state index contributed by atoms with van der Waals surface area (Å²) in [6.07, 6.45) is 0.640. The average molecular weight is 281 g/mol. The Bertz CT molecular complexity index is 420. The lowest BCUT2D eigenvalue weighted by molar-refractivity contribution is 0.132. The van der Waals surface area contributed by atoms with Crippen molar-refractivity contribution < 1.29 is 9.13 Å². The molecule has 4 nitrogen and oxygen atoms in total. The van der Waals surface area contributed by atoms with Crippen LogP contribution >= 0.6 is 0 Å². The van der Waals surface area contributed by atoms with Crippen LogP contribution in [0.5, 0.6) is 5.75 Å². The Hall–Kier alpha value is -1.17. The lowest BCUT2D eigenvalue weighted by Crippen LogP contribution is -2.45. The zero-order valence-corrected chi connectivity index (χ0v) is 12.1. The van der Waals surface area contributed by atoms with Gasteiger partial charge >= 0.3 is 0 Å². The van der Waals surface area contributed by atoms with Crippen LogP contribution in [0.3, 0.4) is 0 Å². The summed E-state index contributed by atoms with van der Waals surface area (Å²) < 4.78 is 19.5. The van der Waals surface area contributed by atoms with Crippen LogP contribution in [0.15, 0.2) is 18.2 Å².